The number of hydrogen-bond acceptors (Lipinski definition) is 3. The van der Waals surface area contributed by atoms with E-state index in [0.717, 1.165) is 36.4 Å². The molecule has 0 amide bonds. The number of rotatable bonds is 8. The highest BCUT2D eigenvalue weighted by Gasteiger charge is 2.45. The van der Waals surface area contributed by atoms with E-state index in [1.807, 2.05) is 6.92 Å². The summed E-state index contributed by atoms with van der Waals surface area (Å²) in [7, 11) is -4.39. The van der Waals surface area contributed by atoms with Crippen molar-refractivity contribution in [3.8, 4) is 0 Å². The predicted octanol–water partition coefficient (Wildman–Crippen LogP) is 4.73. The predicted molar refractivity (Wildman–Crippen MR) is 116 cm³/mol. The lowest BCUT2D eigenvalue weighted by molar-refractivity contribution is 0.0246. The van der Waals surface area contributed by atoms with Crippen LogP contribution in [-0.4, -0.2) is 19.6 Å². The van der Waals surface area contributed by atoms with Gasteiger partial charge in [0.25, 0.3) is 0 Å². The fraction of sp³-hybridized carbons (Fsp3) is 0.250. The minimum Gasteiger partial charge on any atom is -0.379 e. The van der Waals surface area contributed by atoms with Crippen LogP contribution in [0.1, 0.15) is 31.4 Å². The first-order valence-corrected chi connectivity index (χ1v) is 11.6. The summed E-state index contributed by atoms with van der Waals surface area (Å²) in [5.41, 5.74) is -1.60. The summed E-state index contributed by atoms with van der Waals surface area (Å²) in [5, 5.41) is 12.0. The fourth-order valence-corrected chi connectivity index (χ4v) is 5.12. The second kappa shape index (κ2) is 9.44. The van der Waals surface area contributed by atoms with Crippen LogP contribution in [0.5, 0.6) is 0 Å². The third-order valence-electron chi connectivity index (χ3n) is 5.64. The number of hydrogen-bond donors (Lipinski definition) is 2. The number of halogens is 3. The summed E-state index contributed by atoms with van der Waals surface area (Å²) >= 11 is 0. The summed E-state index contributed by atoms with van der Waals surface area (Å²) in [6.45, 7) is 3.54. The van der Waals surface area contributed by atoms with Crippen LogP contribution >= 0.6 is 0 Å². The lowest BCUT2D eigenvalue weighted by atomic mass is 9.75. The third-order valence-corrected chi connectivity index (χ3v) is 7.11. The molecule has 3 aromatic rings. The molecule has 2 atom stereocenters. The second-order valence-electron chi connectivity index (χ2n) is 7.70. The summed E-state index contributed by atoms with van der Waals surface area (Å²) in [6, 6.07) is 13.6. The van der Waals surface area contributed by atoms with Crippen molar-refractivity contribution in [2.75, 3.05) is 0 Å². The Morgan fingerprint density at radius 2 is 1.34 bits per heavy atom. The molecular formula is C24H24F3NO3S. The van der Waals surface area contributed by atoms with Gasteiger partial charge in [-0.05, 0) is 53.4 Å². The van der Waals surface area contributed by atoms with E-state index in [0.29, 0.717) is 6.42 Å². The van der Waals surface area contributed by atoms with E-state index in [1.165, 1.54) is 36.4 Å². The first-order valence-electron chi connectivity index (χ1n) is 10.1. The first kappa shape index (κ1) is 24.0. The van der Waals surface area contributed by atoms with Gasteiger partial charge in [-0.25, -0.2) is 26.3 Å². The second-order valence-corrected chi connectivity index (χ2v) is 9.38. The van der Waals surface area contributed by atoms with E-state index in [2.05, 4.69) is 4.72 Å². The Kier molecular flexibility index (Phi) is 7.07. The Balaban J connectivity index is 2.20. The third kappa shape index (κ3) is 4.72. The Morgan fingerprint density at radius 1 is 0.875 bits per heavy atom. The van der Waals surface area contributed by atoms with E-state index in [1.54, 1.807) is 6.92 Å². The molecule has 0 aromatic heterocycles. The van der Waals surface area contributed by atoms with Gasteiger partial charge in [-0.1, -0.05) is 56.7 Å². The van der Waals surface area contributed by atoms with Gasteiger partial charge in [-0.3, -0.25) is 0 Å². The molecule has 0 fully saturated rings. The maximum absolute atomic E-state index is 14.3. The molecule has 0 aliphatic heterocycles. The van der Waals surface area contributed by atoms with E-state index in [-0.39, 0.29) is 11.1 Å². The van der Waals surface area contributed by atoms with Crippen molar-refractivity contribution in [2.24, 2.45) is 5.92 Å². The Morgan fingerprint density at radius 3 is 1.78 bits per heavy atom. The standard InChI is InChI=1S/C24H24F3NO3S/c1-3-16(2)23(28-32(30,31)22-7-5-4-6-21(22)27)24(29,17-8-12-19(25)13-9-17)18-10-14-20(26)15-11-18/h4-16,23,28-29H,3H2,1-2H3. The summed E-state index contributed by atoms with van der Waals surface area (Å²) in [4.78, 5) is -0.561. The highest BCUT2D eigenvalue weighted by molar-refractivity contribution is 7.89. The molecule has 3 rings (SSSR count). The fourth-order valence-electron chi connectivity index (χ4n) is 3.68. The highest BCUT2D eigenvalue weighted by Crippen LogP contribution is 2.38. The van der Waals surface area contributed by atoms with Crippen molar-refractivity contribution in [2.45, 2.75) is 36.8 Å². The smallest absolute Gasteiger partial charge is 0.243 e. The van der Waals surface area contributed by atoms with Crippen molar-refractivity contribution in [1.82, 2.24) is 4.72 Å². The highest BCUT2D eigenvalue weighted by atomic mass is 32.2. The Bertz CT molecular complexity index is 1120. The Labute approximate surface area is 185 Å². The largest absolute Gasteiger partial charge is 0.379 e. The Hall–Kier alpha value is -2.68. The quantitative estimate of drug-likeness (QED) is 0.508. The van der Waals surface area contributed by atoms with Gasteiger partial charge in [-0.2, -0.15) is 0 Å². The molecule has 170 valence electrons. The topological polar surface area (TPSA) is 66.4 Å². The zero-order valence-corrected chi connectivity index (χ0v) is 18.4. The lowest BCUT2D eigenvalue weighted by Crippen LogP contribution is -2.54. The molecule has 0 spiro atoms. The van der Waals surface area contributed by atoms with Crippen LogP contribution in [0.2, 0.25) is 0 Å². The summed E-state index contributed by atoms with van der Waals surface area (Å²) in [5.74, 6) is -2.46. The van der Waals surface area contributed by atoms with Crippen molar-refractivity contribution in [3.63, 3.8) is 0 Å². The molecule has 0 saturated carbocycles. The molecule has 2 N–H and O–H groups in total. The van der Waals surface area contributed by atoms with Gasteiger partial charge in [0.15, 0.2) is 0 Å². The van der Waals surface area contributed by atoms with Crippen LogP contribution in [0.3, 0.4) is 0 Å². The van der Waals surface area contributed by atoms with Gasteiger partial charge >= 0.3 is 0 Å². The van der Waals surface area contributed by atoms with Gasteiger partial charge in [0, 0.05) is 0 Å². The maximum atomic E-state index is 14.3. The summed E-state index contributed by atoms with van der Waals surface area (Å²) < 4.78 is 70.2. The number of benzene rings is 3. The minimum absolute atomic E-state index is 0.201. The van der Waals surface area contributed by atoms with Crippen molar-refractivity contribution in [1.29, 1.82) is 0 Å². The average Bonchev–Trinajstić information content (AvgIpc) is 2.77. The molecule has 2 unspecified atom stereocenters. The van der Waals surface area contributed by atoms with Gasteiger partial charge in [-0.15, -0.1) is 0 Å². The molecule has 0 aliphatic carbocycles. The molecule has 0 radical (unpaired) electrons. The van der Waals surface area contributed by atoms with E-state index in [4.69, 9.17) is 0 Å². The van der Waals surface area contributed by atoms with Gasteiger partial charge in [0.2, 0.25) is 10.0 Å². The molecule has 0 saturated heterocycles. The maximum Gasteiger partial charge on any atom is 0.243 e. The van der Waals surface area contributed by atoms with Gasteiger partial charge in [0.05, 0.1) is 6.04 Å². The summed E-state index contributed by atoms with van der Waals surface area (Å²) in [6.07, 6.45) is 0.454. The average molecular weight is 464 g/mol. The zero-order chi connectivity index (χ0) is 23.5. The van der Waals surface area contributed by atoms with Crippen molar-refractivity contribution >= 4 is 10.0 Å². The lowest BCUT2D eigenvalue weighted by Gasteiger charge is -2.40. The zero-order valence-electron chi connectivity index (χ0n) is 17.6. The first-order chi connectivity index (χ1) is 15.1. The molecule has 0 heterocycles. The molecule has 4 nitrogen and oxygen atoms in total. The van der Waals surface area contributed by atoms with Crippen LogP contribution in [-0.2, 0) is 15.6 Å². The number of nitrogens with one attached hydrogen (secondary N) is 1. The molecule has 0 bridgehead atoms. The van der Waals surface area contributed by atoms with Crippen LogP contribution in [0.25, 0.3) is 0 Å². The van der Waals surface area contributed by atoms with E-state index < -0.39 is 49.9 Å². The minimum atomic E-state index is -4.39. The van der Waals surface area contributed by atoms with Gasteiger partial charge < -0.3 is 5.11 Å². The molecule has 3 aromatic carbocycles. The molecule has 8 heteroatoms. The van der Waals surface area contributed by atoms with E-state index in [9.17, 15) is 26.7 Å². The molecule has 0 aliphatic rings. The number of sulfonamides is 1. The van der Waals surface area contributed by atoms with Crippen LogP contribution in [0.15, 0.2) is 77.7 Å². The van der Waals surface area contributed by atoms with Crippen LogP contribution < -0.4 is 4.72 Å². The van der Waals surface area contributed by atoms with Crippen molar-refractivity contribution in [3.05, 3.63) is 101 Å². The van der Waals surface area contributed by atoms with Crippen LogP contribution in [0.4, 0.5) is 13.2 Å². The molecular weight excluding hydrogens is 439 g/mol. The van der Waals surface area contributed by atoms with Crippen molar-refractivity contribution < 1.29 is 26.7 Å². The number of aliphatic hydroxyl groups is 1. The van der Waals surface area contributed by atoms with Crippen LogP contribution in [0, 0.1) is 23.4 Å². The van der Waals surface area contributed by atoms with E-state index >= 15 is 0 Å². The normalized spacial score (nSPS) is 14.2. The van der Waals surface area contributed by atoms with Gasteiger partial charge in [0.1, 0.15) is 27.9 Å². The monoisotopic (exact) mass is 463 g/mol. The SMILES string of the molecule is CCC(C)C(NS(=O)(=O)c1ccccc1F)C(O)(c1ccc(F)cc1)c1ccc(F)cc1. The molecule has 32 heavy (non-hydrogen) atoms.